The SMILES string of the molecule is Cc1cc(C(=O)O[C@@H](C)C(=O)Nc2ccc(Cl)cc2Cl)ccc1[N+](=O)[O-]. The summed E-state index contributed by atoms with van der Waals surface area (Å²) >= 11 is 11.8. The molecule has 0 unspecified atom stereocenters. The Kier molecular flexibility index (Phi) is 6.18. The maximum Gasteiger partial charge on any atom is 0.338 e. The van der Waals surface area contributed by atoms with E-state index in [0.29, 0.717) is 16.3 Å². The summed E-state index contributed by atoms with van der Waals surface area (Å²) in [4.78, 5) is 34.6. The Bertz CT molecular complexity index is 885. The van der Waals surface area contributed by atoms with Gasteiger partial charge in [0.1, 0.15) is 0 Å². The van der Waals surface area contributed by atoms with Crippen molar-refractivity contribution in [1.82, 2.24) is 0 Å². The third-order valence-corrected chi connectivity index (χ3v) is 4.02. The number of nitrogens with one attached hydrogen (secondary N) is 1. The molecular formula is C17H14Cl2N2O5. The molecule has 1 N–H and O–H groups in total. The molecule has 0 bridgehead atoms. The summed E-state index contributed by atoms with van der Waals surface area (Å²) in [5, 5.41) is 14.0. The van der Waals surface area contributed by atoms with Crippen LogP contribution in [0, 0.1) is 17.0 Å². The molecule has 0 aliphatic heterocycles. The Labute approximate surface area is 159 Å². The summed E-state index contributed by atoms with van der Waals surface area (Å²) in [7, 11) is 0. The van der Waals surface area contributed by atoms with Crippen LogP contribution in [0.5, 0.6) is 0 Å². The molecule has 26 heavy (non-hydrogen) atoms. The molecule has 136 valence electrons. The van der Waals surface area contributed by atoms with Crippen molar-refractivity contribution in [2.24, 2.45) is 0 Å². The fourth-order valence-corrected chi connectivity index (χ4v) is 2.55. The number of amides is 1. The smallest absolute Gasteiger partial charge is 0.338 e. The van der Waals surface area contributed by atoms with Gasteiger partial charge < -0.3 is 10.1 Å². The average molecular weight is 397 g/mol. The lowest BCUT2D eigenvalue weighted by Crippen LogP contribution is -2.30. The van der Waals surface area contributed by atoms with Gasteiger partial charge in [0.2, 0.25) is 0 Å². The summed E-state index contributed by atoms with van der Waals surface area (Å²) < 4.78 is 5.10. The van der Waals surface area contributed by atoms with E-state index in [1.54, 1.807) is 6.07 Å². The monoisotopic (exact) mass is 396 g/mol. The number of anilines is 1. The predicted molar refractivity (Wildman–Crippen MR) is 97.8 cm³/mol. The van der Waals surface area contributed by atoms with Crippen LogP contribution in [0.4, 0.5) is 11.4 Å². The molecule has 0 saturated carbocycles. The van der Waals surface area contributed by atoms with Gasteiger partial charge >= 0.3 is 5.97 Å². The van der Waals surface area contributed by atoms with Crippen molar-refractivity contribution in [1.29, 1.82) is 0 Å². The summed E-state index contributed by atoms with van der Waals surface area (Å²) in [6.07, 6.45) is -1.11. The first-order chi connectivity index (χ1) is 12.2. The Morgan fingerprint density at radius 3 is 2.46 bits per heavy atom. The van der Waals surface area contributed by atoms with Crippen molar-refractivity contribution in [3.05, 3.63) is 67.7 Å². The highest BCUT2D eigenvalue weighted by atomic mass is 35.5. The number of nitrogens with zero attached hydrogens (tertiary/aromatic N) is 1. The lowest BCUT2D eigenvalue weighted by molar-refractivity contribution is -0.385. The van der Waals surface area contributed by atoms with Crippen molar-refractivity contribution in [3.63, 3.8) is 0 Å². The molecule has 2 aromatic carbocycles. The second-order valence-corrected chi connectivity index (χ2v) is 6.26. The number of ether oxygens (including phenoxy) is 1. The zero-order chi connectivity index (χ0) is 19.4. The summed E-state index contributed by atoms with van der Waals surface area (Å²) in [6, 6.07) is 8.37. The van der Waals surface area contributed by atoms with Crippen molar-refractivity contribution in [2.45, 2.75) is 20.0 Å². The molecule has 0 fully saturated rings. The molecule has 1 amide bonds. The summed E-state index contributed by atoms with van der Waals surface area (Å²) in [5.74, 6) is -1.35. The zero-order valence-electron chi connectivity index (χ0n) is 13.8. The number of esters is 1. The maximum absolute atomic E-state index is 12.2. The maximum atomic E-state index is 12.2. The molecule has 2 rings (SSSR count). The molecule has 9 heteroatoms. The largest absolute Gasteiger partial charge is 0.449 e. The van der Waals surface area contributed by atoms with Crippen LogP contribution < -0.4 is 5.32 Å². The lowest BCUT2D eigenvalue weighted by Gasteiger charge is -2.14. The molecular weight excluding hydrogens is 383 g/mol. The van der Waals surface area contributed by atoms with Crippen LogP contribution in [0.2, 0.25) is 10.0 Å². The van der Waals surface area contributed by atoms with Crippen LogP contribution in [0.15, 0.2) is 36.4 Å². The molecule has 0 aliphatic rings. The van der Waals surface area contributed by atoms with Crippen LogP contribution in [-0.4, -0.2) is 22.9 Å². The number of aryl methyl sites for hydroxylation is 1. The van der Waals surface area contributed by atoms with Crippen LogP contribution in [0.1, 0.15) is 22.8 Å². The Hall–Kier alpha value is -2.64. The van der Waals surface area contributed by atoms with E-state index in [0.717, 1.165) is 0 Å². The predicted octanol–water partition coefficient (Wildman–Crippen LogP) is 4.39. The van der Waals surface area contributed by atoms with Gasteiger partial charge in [-0.25, -0.2) is 4.79 Å². The van der Waals surface area contributed by atoms with Crippen molar-refractivity contribution >= 4 is 46.5 Å². The van der Waals surface area contributed by atoms with Crippen molar-refractivity contribution in [3.8, 4) is 0 Å². The molecule has 0 radical (unpaired) electrons. The van der Waals surface area contributed by atoms with E-state index in [-0.39, 0.29) is 16.3 Å². The number of nitro groups is 1. The highest BCUT2D eigenvalue weighted by molar-refractivity contribution is 6.36. The van der Waals surface area contributed by atoms with Gasteiger partial charge in [-0.15, -0.1) is 0 Å². The van der Waals surface area contributed by atoms with Crippen LogP contribution in [0.3, 0.4) is 0 Å². The molecule has 0 spiro atoms. The third kappa shape index (κ3) is 4.71. The van der Waals surface area contributed by atoms with Crippen LogP contribution >= 0.6 is 23.2 Å². The fourth-order valence-electron chi connectivity index (χ4n) is 2.09. The molecule has 2 aromatic rings. The summed E-state index contributed by atoms with van der Waals surface area (Å²) in [5.41, 5.74) is 0.645. The van der Waals surface area contributed by atoms with E-state index in [1.807, 2.05) is 0 Å². The number of hydrogen-bond acceptors (Lipinski definition) is 5. The van der Waals surface area contributed by atoms with Gasteiger partial charge in [0, 0.05) is 16.7 Å². The Balaban J connectivity index is 2.05. The zero-order valence-corrected chi connectivity index (χ0v) is 15.3. The first kappa shape index (κ1) is 19.7. The average Bonchev–Trinajstić information content (AvgIpc) is 2.56. The Morgan fingerprint density at radius 2 is 1.88 bits per heavy atom. The molecule has 0 saturated heterocycles. The topological polar surface area (TPSA) is 98.5 Å². The lowest BCUT2D eigenvalue weighted by atomic mass is 10.1. The molecule has 7 nitrogen and oxygen atoms in total. The van der Waals surface area contributed by atoms with Crippen molar-refractivity contribution < 1.29 is 19.2 Å². The highest BCUT2D eigenvalue weighted by Crippen LogP contribution is 2.25. The van der Waals surface area contributed by atoms with E-state index in [2.05, 4.69) is 5.32 Å². The van der Waals surface area contributed by atoms with E-state index >= 15 is 0 Å². The number of halogens is 2. The number of hydrogen-bond donors (Lipinski definition) is 1. The van der Waals surface area contributed by atoms with Crippen LogP contribution in [-0.2, 0) is 9.53 Å². The highest BCUT2D eigenvalue weighted by Gasteiger charge is 2.21. The number of benzene rings is 2. The molecule has 0 aromatic heterocycles. The minimum absolute atomic E-state index is 0.107. The minimum Gasteiger partial charge on any atom is -0.449 e. The molecule has 0 heterocycles. The van der Waals surface area contributed by atoms with Gasteiger partial charge in [0.05, 0.1) is 21.2 Å². The van der Waals surface area contributed by atoms with Gasteiger partial charge in [-0.1, -0.05) is 23.2 Å². The van der Waals surface area contributed by atoms with Gasteiger partial charge in [-0.2, -0.15) is 0 Å². The van der Waals surface area contributed by atoms with E-state index in [9.17, 15) is 19.7 Å². The number of carbonyl (C=O) groups is 2. The van der Waals surface area contributed by atoms with Gasteiger partial charge in [0.25, 0.3) is 11.6 Å². The quantitative estimate of drug-likeness (QED) is 0.458. The van der Waals surface area contributed by atoms with Crippen LogP contribution in [0.25, 0.3) is 0 Å². The third-order valence-electron chi connectivity index (χ3n) is 3.47. The first-order valence-electron chi connectivity index (χ1n) is 7.41. The van der Waals surface area contributed by atoms with Gasteiger partial charge in [0.15, 0.2) is 6.10 Å². The van der Waals surface area contributed by atoms with Gasteiger partial charge in [-0.05, 0) is 44.2 Å². The second kappa shape index (κ2) is 8.16. The second-order valence-electron chi connectivity index (χ2n) is 5.42. The number of carbonyl (C=O) groups excluding carboxylic acids is 2. The number of nitro benzene ring substituents is 1. The molecule has 0 aliphatic carbocycles. The normalized spacial score (nSPS) is 11.5. The number of rotatable bonds is 5. The van der Waals surface area contributed by atoms with Gasteiger partial charge in [-0.3, -0.25) is 14.9 Å². The van der Waals surface area contributed by atoms with E-state index < -0.39 is 22.9 Å². The van der Waals surface area contributed by atoms with E-state index in [1.165, 1.54) is 44.2 Å². The van der Waals surface area contributed by atoms with Crippen molar-refractivity contribution in [2.75, 3.05) is 5.32 Å². The summed E-state index contributed by atoms with van der Waals surface area (Å²) in [6.45, 7) is 2.91. The molecule has 1 atom stereocenters. The Morgan fingerprint density at radius 1 is 1.19 bits per heavy atom. The first-order valence-corrected chi connectivity index (χ1v) is 8.16. The standard InChI is InChI=1S/C17H14Cl2N2O5/c1-9-7-11(3-6-15(9)21(24)25)17(23)26-10(2)16(22)20-14-5-4-12(18)8-13(14)19/h3-8,10H,1-2H3,(H,20,22)/t10-/m0/s1. The fraction of sp³-hybridized carbons (Fsp3) is 0.176. The van der Waals surface area contributed by atoms with E-state index in [4.69, 9.17) is 27.9 Å². The minimum atomic E-state index is -1.11.